The molecule has 0 aliphatic rings. The zero-order valence-corrected chi connectivity index (χ0v) is 15.1. The number of hydrogen-bond acceptors (Lipinski definition) is 4. The summed E-state index contributed by atoms with van der Waals surface area (Å²) in [6.07, 6.45) is 10.4. The Labute approximate surface area is 153 Å². The van der Waals surface area contributed by atoms with Gasteiger partial charge in [0.1, 0.15) is 0 Å². The number of benzene rings is 1. The van der Waals surface area contributed by atoms with Crippen molar-refractivity contribution in [1.29, 1.82) is 0 Å². The van der Waals surface area contributed by atoms with Crippen LogP contribution < -0.4 is 0 Å². The highest BCUT2D eigenvalue weighted by Gasteiger charge is 2.17. The molecule has 26 heavy (non-hydrogen) atoms. The van der Waals surface area contributed by atoms with E-state index in [0.717, 1.165) is 24.6 Å². The molecule has 0 bridgehead atoms. The third-order valence-corrected chi connectivity index (χ3v) is 3.74. The molecule has 4 N–H and O–H groups in total. The molecule has 0 aliphatic carbocycles. The van der Waals surface area contributed by atoms with E-state index in [-0.39, 0.29) is 5.56 Å². The summed E-state index contributed by atoms with van der Waals surface area (Å²) >= 11 is 0. The van der Waals surface area contributed by atoms with E-state index in [9.17, 15) is 14.4 Å². The average Bonchev–Trinajstić information content (AvgIpc) is 2.60. The van der Waals surface area contributed by atoms with Gasteiger partial charge in [0.2, 0.25) is 0 Å². The summed E-state index contributed by atoms with van der Waals surface area (Å²) in [5.41, 5.74) is -1.24. The van der Waals surface area contributed by atoms with E-state index in [0.29, 0.717) is 6.61 Å². The molecule has 1 aromatic rings. The molecule has 1 aromatic carbocycles. The van der Waals surface area contributed by atoms with Crippen molar-refractivity contribution in [3.63, 3.8) is 0 Å². The summed E-state index contributed by atoms with van der Waals surface area (Å²) in [6, 6.07) is 2.81. The molecule has 0 aromatic heterocycles. The van der Waals surface area contributed by atoms with Crippen molar-refractivity contribution in [1.82, 2.24) is 0 Å². The highest BCUT2D eigenvalue weighted by atomic mass is 16.4. The van der Waals surface area contributed by atoms with Crippen molar-refractivity contribution in [3.8, 4) is 0 Å². The van der Waals surface area contributed by atoms with Gasteiger partial charge in [-0.1, -0.05) is 51.9 Å². The smallest absolute Gasteiger partial charge is 0.336 e. The summed E-state index contributed by atoms with van der Waals surface area (Å²) < 4.78 is 0. The number of carbonyl (C=O) groups is 3. The normalized spacial score (nSPS) is 9.92. The minimum absolute atomic E-state index is 0.266. The third-order valence-electron chi connectivity index (χ3n) is 3.74. The first-order valence-electron chi connectivity index (χ1n) is 8.79. The zero-order chi connectivity index (χ0) is 19.9. The van der Waals surface area contributed by atoms with Crippen molar-refractivity contribution >= 4 is 17.9 Å². The minimum atomic E-state index is -1.48. The molecule has 1 rings (SSSR count). The van der Waals surface area contributed by atoms with Crippen LogP contribution in [-0.2, 0) is 0 Å². The number of unbranched alkanes of at least 4 members (excludes halogenated alkanes) is 7. The van der Waals surface area contributed by atoms with Gasteiger partial charge in [0.15, 0.2) is 0 Å². The fourth-order valence-corrected chi connectivity index (χ4v) is 2.29. The van der Waals surface area contributed by atoms with Crippen LogP contribution in [0.3, 0.4) is 0 Å². The van der Waals surface area contributed by atoms with Gasteiger partial charge in [0, 0.05) is 6.61 Å². The van der Waals surface area contributed by atoms with Crippen LogP contribution in [0.4, 0.5) is 0 Å². The molecule has 146 valence electrons. The molecular weight excluding hydrogens is 340 g/mol. The highest BCUT2D eigenvalue weighted by Crippen LogP contribution is 2.12. The van der Waals surface area contributed by atoms with Crippen molar-refractivity contribution in [3.05, 3.63) is 34.9 Å². The molecule has 0 heterocycles. The second-order valence-electron chi connectivity index (χ2n) is 5.87. The quantitative estimate of drug-likeness (QED) is 0.435. The Balaban J connectivity index is 0.000000508. The van der Waals surface area contributed by atoms with Crippen molar-refractivity contribution < 1.29 is 34.8 Å². The summed E-state index contributed by atoms with van der Waals surface area (Å²) in [5.74, 6) is -4.20. The van der Waals surface area contributed by atoms with Gasteiger partial charge in [-0.15, -0.1) is 0 Å². The lowest BCUT2D eigenvalue weighted by atomic mass is 10.0. The monoisotopic (exact) mass is 368 g/mol. The van der Waals surface area contributed by atoms with Gasteiger partial charge < -0.3 is 20.4 Å². The number of aromatic carboxylic acids is 3. The van der Waals surface area contributed by atoms with Crippen molar-refractivity contribution in [2.45, 2.75) is 58.3 Å². The Morgan fingerprint density at radius 2 is 1.23 bits per heavy atom. The molecule has 0 saturated carbocycles. The van der Waals surface area contributed by atoms with E-state index >= 15 is 0 Å². The molecule has 7 nitrogen and oxygen atoms in total. The zero-order valence-electron chi connectivity index (χ0n) is 15.1. The van der Waals surface area contributed by atoms with Crippen LogP contribution >= 0.6 is 0 Å². The van der Waals surface area contributed by atoms with E-state index in [1.54, 1.807) is 0 Å². The number of rotatable bonds is 11. The van der Waals surface area contributed by atoms with Crippen molar-refractivity contribution in [2.24, 2.45) is 0 Å². The SMILES string of the molecule is CCCCCCCCCCO.O=C(O)c1ccc(C(=O)O)c(C(=O)O)c1. The summed E-state index contributed by atoms with van der Waals surface area (Å²) in [4.78, 5) is 31.8. The predicted molar refractivity (Wildman–Crippen MR) is 97.0 cm³/mol. The molecule has 0 amide bonds. The first kappa shape index (κ1) is 23.6. The van der Waals surface area contributed by atoms with Gasteiger partial charge in [-0.05, 0) is 24.6 Å². The predicted octanol–water partition coefficient (Wildman–Crippen LogP) is 3.90. The van der Waals surface area contributed by atoms with Gasteiger partial charge >= 0.3 is 17.9 Å². The Morgan fingerprint density at radius 3 is 1.65 bits per heavy atom. The van der Waals surface area contributed by atoms with Crippen LogP contribution in [0.15, 0.2) is 18.2 Å². The van der Waals surface area contributed by atoms with Crippen LogP contribution in [0.5, 0.6) is 0 Å². The van der Waals surface area contributed by atoms with E-state index in [1.807, 2.05) is 0 Å². The van der Waals surface area contributed by atoms with Crippen LogP contribution in [0.1, 0.15) is 89.4 Å². The maximum absolute atomic E-state index is 10.6. The maximum Gasteiger partial charge on any atom is 0.336 e. The number of aliphatic hydroxyl groups excluding tert-OH is 1. The van der Waals surface area contributed by atoms with Gasteiger partial charge in [-0.25, -0.2) is 14.4 Å². The molecule has 7 heteroatoms. The average molecular weight is 368 g/mol. The van der Waals surface area contributed by atoms with Gasteiger partial charge in [-0.3, -0.25) is 0 Å². The van der Waals surface area contributed by atoms with Crippen LogP contribution in [-0.4, -0.2) is 44.9 Å². The van der Waals surface area contributed by atoms with Gasteiger partial charge in [0.25, 0.3) is 0 Å². The number of carboxylic acid groups (broad SMARTS) is 3. The number of aliphatic hydroxyl groups is 1. The lowest BCUT2D eigenvalue weighted by Crippen LogP contribution is -2.10. The molecule has 0 fully saturated rings. The Morgan fingerprint density at radius 1 is 0.731 bits per heavy atom. The summed E-state index contributed by atoms with van der Waals surface area (Å²) in [7, 11) is 0. The second-order valence-corrected chi connectivity index (χ2v) is 5.87. The molecule has 0 spiro atoms. The molecule has 0 radical (unpaired) electrons. The first-order valence-corrected chi connectivity index (χ1v) is 8.79. The molecule has 0 unspecified atom stereocenters. The largest absolute Gasteiger partial charge is 0.478 e. The van der Waals surface area contributed by atoms with Crippen LogP contribution in [0.2, 0.25) is 0 Å². The fourth-order valence-electron chi connectivity index (χ4n) is 2.29. The van der Waals surface area contributed by atoms with E-state index < -0.39 is 29.0 Å². The van der Waals surface area contributed by atoms with Gasteiger partial charge in [0.05, 0.1) is 16.7 Å². The van der Waals surface area contributed by atoms with E-state index in [4.69, 9.17) is 20.4 Å². The standard InChI is InChI=1S/C10H22O.C9H6O6/c1-2-3-4-5-6-7-8-9-10-11;10-7(11)4-1-2-5(8(12)13)6(3-4)9(14)15/h11H,2-10H2,1H3;1-3H,(H,10,11)(H,12,13)(H,14,15). The fraction of sp³-hybridized carbons (Fsp3) is 0.526. The minimum Gasteiger partial charge on any atom is -0.478 e. The van der Waals surface area contributed by atoms with Crippen molar-refractivity contribution in [2.75, 3.05) is 6.61 Å². The topological polar surface area (TPSA) is 132 Å². The molecule has 0 aliphatic heterocycles. The van der Waals surface area contributed by atoms with Crippen LogP contribution in [0.25, 0.3) is 0 Å². The van der Waals surface area contributed by atoms with Crippen LogP contribution in [0, 0.1) is 0 Å². The highest BCUT2D eigenvalue weighted by molar-refractivity contribution is 6.03. The Bertz CT molecular complexity index is 573. The summed E-state index contributed by atoms with van der Waals surface area (Å²) in [6.45, 7) is 2.61. The molecule has 0 saturated heterocycles. The third kappa shape index (κ3) is 9.78. The first-order chi connectivity index (χ1) is 12.3. The van der Waals surface area contributed by atoms with E-state index in [2.05, 4.69) is 6.92 Å². The number of carboxylic acids is 3. The number of hydrogen-bond donors (Lipinski definition) is 4. The lowest BCUT2D eigenvalue weighted by Gasteiger charge is -2.02. The Kier molecular flexibility index (Phi) is 12.6. The molecule has 0 atom stereocenters. The Hall–Kier alpha value is -2.41. The lowest BCUT2D eigenvalue weighted by molar-refractivity contribution is 0.0649. The van der Waals surface area contributed by atoms with Gasteiger partial charge in [-0.2, -0.15) is 0 Å². The maximum atomic E-state index is 10.6. The summed E-state index contributed by atoms with van der Waals surface area (Å²) in [5, 5.41) is 34.4. The second kappa shape index (κ2) is 13.8. The molecular formula is C19H28O7. The van der Waals surface area contributed by atoms with E-state index in [1.165, 1.54) is 44.9 Å².